The van der Waals surface area contributed by atoms with Gasteiger partial charge in [0, 0.05) is 10.4 Å². The predicted molar refractivity (Wildman–Crippen MR) is 105 cm³/mol. The van der Waals surface area contributed by atoms with E-state index in [1.807, 2.05) is 45.9 Å². The van der Waals surface area contributed by atoms with Gasteiger partial charge in [0.15, 0.2) is 6.61 Å². The van der Waals surface area contributed by atoms with E-state index in [1.54, 1.807) is 11.3 Å². The maximum absolute atomic E-state index is 12.6. The highest BCUT2D eigenvalue weighted by Crippen LogP contribution is 2.39. The summed E-state index contributed by atoms with van der Waals surface area (Å²) in [5.41, 5.74) is 2.38. The molecular formula is C20H24N2O4S. The van der Waals surface area contributed by atoms with Crippen molar-refractivity contribution in [1.29, 1.82) is 0 Å². The zero-order chi connectivity index (χ0) is 19.6. The zero-order valence-electron chi connectivity index (χ0n) is 16.1. The van der Waals surface area contributed by atoms with E-state index < -0.39 is 6.04 Å². The summed E-state index contributed by atoms with van der Waals surface area (Å²) in [7, 11) is 0. The van der Waals surface area contributed by atoms with Crippen molar-refractivity contribution in [1.82, 2.24) is 4.98 Å². The van der Waals surface area contributed by atoms with Gasteiger partial charge in [0.2, 0.25) is 0 Å². The van der Waals surface area contributed by atoms with Crippen LogP contribution < -0.4 is 9.64 Å². The summed E-state index contributed by atoms with van der Waals surface area (Å²) < 4.78 is 10.9. The molecule has 7 heteroatoms. The van der Waals surface area contributed by atoms with Crippen molar-refractivity contribution in [3.05, 3.63) is 28.1 Å². The fraction of sp³-hybridized carbons (Fsp3) is 0.450. The second-order valence-corrected chi connectivity index (χ2v) is 7.87. The molecule has 2 aromatic rings. The average molecular weight is 388 g/mol. The standard InChI is InChI=1S/C20H24N2O4S/c1-5-9-25-20(24)15(6-2)22-16-10-14(19-12(3)27-13(4)21-19)7-8-17(16)26-11-18(22)23/h7-8,10,15H,5-6,9,11H2,1-4H3. The van der Waals surface area contributed by atoms with Crippen LogP contribution in [0.2, 0.25) is 0 Å². The molecule has 2 heterocycles. The molecule has 0 N–H and O–H groups in total. The molecule has 1 atom stereocenters. The molecule has 1 amide bonds. The van der Waals surface area contributed by atoms with E-state index in [4.69, 9.17) is 9.47 Å². The van der Waals surface area contributed by atoms with Crippen molar-refractivity contribution in [2.24, 2.45) is 0 Å². The van der Waals surface area contributed by atoms with Gasteiger partial charge in [0.1, 0.15) is 11.8 Å². The topological polar surface area (TPSA) is 68.7 Å². The Balaban J connectivity index is 2.02. The maximum Gasteiger partial charge on any atom is 0.329 e. The molecule has 0 radical (unpaired) electrons. The summed E-state index contributed by atoms with van der Waals surface area (Å²) >= 11 is 1.63. The van der Waals surface area contributed by atoms with Gasteiger partial charge in [-0.2, -0.15) is 0 Å². The number of amides is 1. The van der Waals surface area contributed by atoms with Crippen LogP contribution in [0.15, 0.2) is 18.2 Å². The van der Waals surface area contributed by atoms with Crippen LogP contribution in [-0.2, 0) is 14.3 Å². The van der Waals surface area contributed by atoms with E-state index in [-0.39, 0.29) is 18.5 Å². The molecule has 1 aromatic heterocycles. The maximum atomic E-state index is 12.6. The van der Waals surface area contributed by atoms with Crippen molar-refractivity contribution < 1.29 is 19.1 Å². The van der Waals surface area contributed by atoms with Crippen LogP contribution in [0.1, 0.15) is 36.6 Å². The van der Waals surface area contributed by atoms with E-state index in [0.29, 0.717) is 24.5 Å². The van der Waals surface area contributed by atoms with E-state index in [9.17, 15) is 9.59 Å². The number of aromatic nitrogens is 1. The van der Waals surface area contributed by atoms with Gasteiger partial charge in [0.25, 0.3) is 5.91 Å². The lowest BCUT2D eigenvalue weighted by Crippen LogP contribution is -2.49. The highest BCUT2D eigenvalue weighted by Gasteiger charge is 2.36. The van der Waals surface area contributed by atoms with Gasteiger partial charge in [-0.25, -0.2) is 9.78 Å². The minimum absolute atomic E-state index is 0.0846. The number of anilines is 1. The summed E-state index contributed by atoms with van der Waals surface area (Å²) in [6, 6.07) is 4.98. The van der Waals surface area contributed by atoms with Gasteiger partial charge in [-0.05, 0) is 44.9 Å². The number of rotatable bonds is 6. The second kappa shape index (κ2) is 8.08. The molecule has 0 fully saturated rings. The molecule has 27 heavy (non-hydrogen) atoms. The first-order valence-corrected chi connectivity index (χ1v) is 9.97. The number of carbonyl (C=O) groups is 2. The number of carbonyl (C=O) groups excluding carboxylic acids is 2. The third kappa shape index (κ3) is 3.83. The van der Waals surface area contributed by atoms with Crippen molar-refractivity contribution in [2.45, 2.75) is 46.6 Å². The van der Waals surface area contributed by atoms with Crippen molar-refractivity contribution in [2.75, 3.05) is 18.1 Å². The van der Waals surface area contributed by atoms with E-state index in [2.05, 4.69) is 4.98 Å². The van der Waals surface area contributed by atoms with Gasteiger partial charge in [-0.3, -0.25) is 9.69 Å². The van der Waals surface area contributed by atoms with Crippen molar-refractivity contribution in [3.8, 4) is 17.0 Å². The monoisotopic (exact) mass is 388 g/mol. The number of benzene rings is 1. The number of ether oxygens (including phenoxy) is 2. The van der Waals surface area contributed by atoms with Crippen LogP contribution in [0.25, 0.3) is 11.3 Å². The Morgan fingerprint density at radius 1 is 1.37 bits per heavy atom. The van der Waals surface area contributed by atoms with Crippen LogP contribution in [0.3, 0.4) is 0 Å². The first kappa shape index (κ1) is 19.4. The minimum atomic E-state index is -0.666. The largest absolute Gasteiger partial charge is 0.482 e. The number of fused-ring (bicyclic) bond motifs is 1. The Hall–Kier alpha value is -2.41. The van der Waals surface area contributed by atoms with Crippen LogP contribution in [0.5, 0.6) is 5.75 Å². The molecule has 6 nitrogen and oxygen atoms in total. The highest BCUT2D eigenvalue weighted by molar-refractivity contribution is 7.11. The fourth-order valence-electron chi connectivity index (χ4n) is 3.21. The Bertz CT molecular complexity index is 862. The van der Waals surface area contributed by atoms with E-state index >= 15 is 0 Å². The van der Waals surface area contributed by atoms with Crippen molar-refractivity contribution >= 4 is 28.9 Å². The first-order valence-electron chi connectivity index (χ1n) is 9.16. The minimum Gasteiger partial charge on any atom is -0.482 e. The molecule has 1 unspecified atom stereocenters. The molecule has 0 bridgehead atoms. The van der Waals surface area contributed by atoms with Gasteiger partial charge in [-0.1, -0.05) is 13.8 Å². The normalized spacial score (nSPS) is 14.5. The van der Waals surface area contributed by atoms with Crippen LogP contribution in [0.4, 0.5) is 5.69 Å². The molecule has 1 aliphatic heterocycles. The van der Waals surface area contributed by atoms with Gasteiger partial charge < -0.3 is 9.47 Å². The van der Waals surface area contributed by atoms with E-state index in [0.717, 1.165) is 27.6 Å². The summed E-state index contributed by atoms with van der Waals surface area (Å²) in [6.45, 7) is 8.06. The Labute approximate surface area is 163 Å². The summed E-state index contributed by atoms with van der Waals surface area (Å²) in [4.78, 5) is 32.4. The molecule has 1 aliphatic rings. The Kier molecular flexibility index (Phi) is 5.79. The third-order valence-corrected chi connectivity index (χ3v) is 5.32. The fourth-order valence-corrected chi connectivity index (χ4v) is 4.05. The first-order chi connectivity index (χ1) is 13.0. The molecular weight excluding hydrogens is 364 g/mol. The quantitative estimate of drug-likeness (QED) is 0.703. The van der Waals surface area contributed by atoms with Gasteiger partial charge >= 0.3 is 5.97 Å². The number of aryl methyl sites for hydroxylation is 2. The Morgan fingerprint density at radius 2 is 2.15 bits per heavy atom. The third-order valence-electron chi connectivity index (χ3n) is 4.43. The van der Waals surface area contributed by atoms with Crippen molar-refractivity contribution in [3.63, 3.8) is 0 Å². The van der Waals surface area contributed by atoms with Crippen LogP contribution in [-0.4, -0.2) is 36.1 Å². The van der Waals surface area contributed by atoms with Crippen LogP contribution in [0, 0.1) is 13.8 Å². The summed E-state index contributed by atoms with van der Waals surface area (Å²) in [6.07, 6.45) is 1.20. The number of esters is 1. The van der Waals surface area contributed by atoms with Crippen LogP contribution >= 0.6 is 11.3 Å². The molecule has 3 rings (SSSR count). The zero-order valence-corrected chi connectivity index (χ0v) is 16.9. The summed E-state index contributed by atoms with van der Waals surface area (Å²) in [5.74, 6) is -0.0394. The average Bonchev–Trinajstić information content (AvgIpc) is 3.00. The van der Waals surface area contributed by atoms with Gasteiger partial charge in [0.05, 0.1) is 23.0 Å². The highest BCUT2D eigenvalue weighted by atomic mass is 32.1. The molecule has 1 aromatic carbocycles. The molecule has 0 aliphatic carbocycles. The van der Waals surface area contributed by atoms with E-state index in [1.165, 1.54) is 4.90 Å². The lowest BCUT2D eigenvalue weighted by atomic mass is 10.1. The molecule has 0 saturated heterocycles. The number of hydrogen-bond acceptors (Lipinski definition) is 6. The Morgan fingerprint density at radius 3 is 2.78 bits per heavy atom. The number of thiazole rings is 1. The smallest absolute Gasteiger partial charge is 0.329 e. The predicted octanol–water partition coefficient (Wildman–Crippen LogP) is 3.88. The molecule has 0 spiro atoms. The van der Waals surface area contributed by atoms with Gasteiger partial charge in [-0.15, -0.1) is 11.3 Å². The SMILES string of the molecule is CCCOC(=O)C(CC)N1C(=O)COc2ccc(-c3nc(C)sc3C)cc21. The number of nitrogens with zero attached hydrogens (tertiary/aromatic N) is 2. The lowest BCUT2D eigenvalue weighted by Gasteiger charge is -2.34. The lowest BCUT2D eigenvalue weighted by molar-refractivity contribution is -0.146. The summed E-state index contributed by atoms with van der Waals surface area (Å²) in [5, 5.41) is 0.985. The second-order valence-electron chi connectivity index (χ2n) is 6.46. The molecule has 0 saturated carbocycles. The molecule has 144 valence electrons. The number of hydrogen-bond donors (Lipinski definition) is 0.